The minimum absolute atomic E-state index is 0.00844. The molecule has 0 spiro atoms. The van der Waals surface area contributed by atoms with Crippen LogP contribution < -0.4 is 5.73 Å². The fourth-order valence-electron chi connectivity index (χ4n) is 2.07. The van der Waals surface area contributed by atoms with Crippen LogP contribution in [0.1, 0.15) is 35.0 Å². The molecule has 20 heavy (non-hydrogen) atoms. The molecule has 0 aliphatic heterocycles. The summed E-state index contributed by atoms with van der Waals surface area (Å²) >= 11 is 1.51. The molecule has 1 aromatic carbocycles. The van der Waals surface area contributed by atoms with Crippen LogP contribution in [0, 0.1) is 6.92 Å². The average Bonchev–Trinajstić information content (AvgIpc) is 2.99. The molecule has 2 N–H and O–H groups in total. The van der Waals surface area contributed by atoms with Crippen LogP contribution in [0.5, 0.6) is 0 Å². The Kier molecular flexibility index (Phi) is 4.57. The zero-order chi connectivity index (χ0) is 14.7. The largest absolute Gasteiger partial charge is 0.337 e. The van der Waals surface area contributed by atoms with E-state index >= 15 is 0 Å². The SMILES string of the molecule is Cc1ccc(C(C)N(C)C(=O)C(N)c2cccs2)cc1. The lowest BCUT2D eigenvalue weighted by molar-refractivity contribution is -0.133. The Morgan fingerprint density at radius 1 is 1.25 bits per heavy atom. The molecule has 0 aliphatic rings. The highest BCUT2D eigenvalue weighted by Gasteiger charge is 2.24. The predicted octanol–water partition coefficient (Wildman–Crippen LogP) is 3.28. The topological polar surface area (TPSA) is 46.3 Å². The minimum Gasteiger partial charge on any atom is -0.337 e. The standard InChI is InChI=1S/C16H20N2OS/c1-11-6-8-13(9-7-11)12(2)18(3)16(19)15(17)14-5-4-10-20-14/h4-10,12,15H,17H2,1-3H3. The molecule has 0 saturated carbocycles. The van der Waals surface area contributed by atoms with E-state index in [1.807, 2.05) is 24.4 Å². The van der Waals surface area contributed by atoms with Crippen molar-refractivity contribution >= 4 is 17.2 Å². The van der Waals surface area contributed by atoms with E-state index in [2.05, 4.69) is 31.2 Å². The summed E-state index contributed by atoms with van der Waals surface area (Å²) < 4.78 is 0. The zero-order valence-corrected chi connectivity index (χ0v) is 12.9. The molecule has 106 valence electrons. The van der Waals surface area contributed by atoms with Gasteiger partial charge in [0, 0.05) is 11.9 Å². The van der Waals surface area contributed by atoms with Crippen LogP contribution >= 0.6 is 11.3 Å². The number of thiophene rings is 1. The third kappa shape index (κ3) is 3.08. The molecular weight excluding hydrogens is 268 g/mol. The van der Waals surface area contributed by atoms with Gasteiger partial charge in [0.2, 0.25) is 5.91 Å². The number of hydrogen-bond donors (Lipinski definition) is 1. The maximum absolute atomic E-state index is 12.4. The van der Waals surface area contributed by atoms with Gasteiger partial charge in [0.25, 0.3) is 0 Å². The average molecular weight is 288 g/mol. The van der Waals surface area contributed by atoms with Crippen LogP contribution in [0.2, 0.25) is 0 Å². The maximum Gasteiger partial charge on any atom is 0.245 e. The first-order chi connectivity index (χ1) is 9.50. The summed E-state index contributed by atoms with van der Waals surface area (Å²) in [6.07, 6.45) is 0. The lowest BCUT2D eigenvalue weighted by Crippen LogP contribution is -2.37. The molecule has 0 bridgehead atoms. The van der Waals surface area contributed by atoms with Gasteiger partial charge < -0.3 is 10.6 Å². The number of benzene rings is 1. The van der Waals surface area contributed by atoms with Gasteiger partial charge in [-0.25, -0.2) is 0 Å². The number of nitrogens with zero attached hydrogens (tertiary/aromatic N) is 1. The van der Waals surface area contributed by atoms with Crippen molar-refractivity contribution in [2.24, 2.45) is 5.73 Å². The van der Waals surface area contributed by atoms with Crippen molar-refractivity contribution in [3.05, 3.63) is 57.8 Å². The molecule has 2 atom stereocenters. The Labute approximate surface area is 124 Å². The van der Waals surface area contributed by atoms with E-state index in [0.29, 0.717) is 0 Å². The van der Waals surface area contributed by atoms with Gasteiger partial charge in [0.15, 0.2) is 0 Å². The summed E-state index contributed by atoms with van der Waals surface area (Å²) in [7, 11) is 1.81. The first-order valence-electron chi connectivity index (χ1n) is 6.63. The van der Waals surface area contributed by atoms with E-state index < -0.39 is 6.04 Å². The molecular formula is C16H20N2OS. The minimum atomic E-state index is -0.576. The van der Waals surface area contributed by atoms with E-state index in [0.717, 1.165) is 10.4 Å². The van der Waals surface area contributed by atoms with E-state index in [1.54, 1.807) is 11.9 Å². The van der Waals surface area contributed by atoms with Crippen LogP contribution in [0.25, 0.3) is 0 Å². The highest BCUT2D eigenvalue weighted by atomic mass is 32.1. The molecule has 0 aliphatic carbocycles. The third-order valence-electron chi connectivity index (χ3n) is 3.60. The molecule has 1 amide bonds. The number of nitrogens with two attached hydrogens (primary N) is 1. The summed E-state index contributed by atoms with van der Waals surface area (Å²) in [5.41, 5.74) is 8.37. The summed E-state index contributed by atoms with van der Waals surface area (Å²) in [5.74, 6) is -0.0551. The lowest BCUT2D eigenvalue weighted by atomic mass is 10.0. The summed E-state index contributed by atoms with van der Waals surface area (Å²) in [4.78, 5) is 15.0. The number of amides is 1. The Morgan fingerprint density at radius 3 is 2.45 bits per heavy atom. The van der Waals surface area contributed by atoms with Gasteiger partial charge in [-0.05, 0) is 30.9 Å². The highest BCUT2D eigenvalue weighted by Crippen LogP contribution is 2.24. The maximum atomic E-state index is 12.4. The second kappa shape index (κ2) is 6.20. The predicted molar refractivity (Wildman–Crippen MR) is 83.6 cm³/mol. The van der Waals surface area contributed by atoms with Gasteiger partial charge in [0.05, 0.1) is 6.04 Å². The van der Waals surface area contributed by atoms with E-state index in [4.69, 9.17) is 5.73 Å². The monoisotopic (exact) mass is 288 g/mol. The van der Waals surface area contributed by atoms with E-state index in [-0.39, 0.29) is 11.9 Å². The molecule has 4 heteroatoms. The van der Waals surface area contributed by atoms with Crippen molar-refractivity contribution in [3.63, 3.8) is 0 Å². The van der Waals surface area contributed by atoms with Crippen LogP contribution in [0.15, 0.2) is 41.8 Å². The molecule has 0 fully saturated rings. The number of hydrogen-bond acceptors (Lipinski definition) is 3. The molecule has 0 saturated heterocycles. The number of likely N-dealkylation sites (N-methyl/N-ethyl adjacent to an activating group) is 1. The number of carbonyl (C=O) groups excluding carboxylic acids is 1. The smallest absolute Gasteiger partial charge is 0.245 e. The quantitative estimate of drug-likeness (QED) is 0.938. The van der Waals surface area contributed by atoms with Crippen LogP contribution in [-0.4, -0.2) is 17.9 Å². The fraction of sp³-hybridized carbons (Fsp3) is 0.312. The van der Waals surface area contributed by atoms with E-state index in [9.17, 15) is 4.79 Å². The second-order valence-electron chi connectivity index (χ2n) is 5.03. The molecule has 2 unspecified atom stereocenters. The summed E-state index contributed by atoms with van der Waals surface area (Å²) in [6, 6.07) is 11.5. The fourth-order valence-corrected chi connectivity index (χ4v) is 2.79. The Bertz CT molecular complexity index is 563. The van der Waals surface area contributed by atoms with Gasteiger partial charge >= 0.3 is 0 Å². The number of rotatable bonds is 4. The van der Waals surface area contributed by atoms with Crippen molar-refractivity contribution in [2.75, 3.05) is 7.05 Å². The summed E-state index contributed by atoms with van der Waals surface area (Å²) in [5, 5.41) is 1.94. The lowest BCUT2D eigenvalue weighted by Gasteiger charge is -2.27. The molecule has 0 radical (unpaired) electrons. The number of aryl methyl sites for hydroxylation is 1. The van der Waals surface area contributed by atoms with Crippen molar-refractivity contribution in [3.8, 4) is 0 Å². The summed E-state index contributed by atoms with van der Waals surface area (Å²) in [6.45, 7) is 4.07. The third-order valence-corrected chi connectivity index (χ3v) is 4.56. The second-order valence-corrected chi connectivity index (χ2v) is 6.01. The Morgan fingerprint density at radius 2 is 1.90 bits per heavy atom. The van der Waals surface area contributed by atoms with Crippen molar-refractivity contribution < 1.29 is 4.79 Å². The van der Waals surface area contributed by atoms with Gasteiger partial charge in [-0.15, -0.1) is 11.3 Å². The Balaban J connectivity index is 2.12. The normalized spacial score (nSPS) is 13.8. The zero-order valence-electron chi connectivity index (χ0n) is 12.0. The van der Waals surface area contributed by atoms with E-state index in [1.165, 1.54) is 16.9 Å². The van der Waals surface area contributed by atoms with Crippen molar-refractivity contribution in [1.29, 1.82) is 0 Å². The molecule has 1 aromatic heterocycles. The van der Waals surface area contributed by atoms with Crippen LogP contribution in [0.4, 0.5) is 0 Å². The van der Waals surface area contributed by atoms with Gasteiger partial charge in [-0.3, -0.25) is 4.79 Å². The van der Waals surface area contributed by atoms with Crippen molar-refractivity contribution in [2.45, 2.75) is 25.9 Å². The first-order valence-corrected chi connectivity index (χ1v) is 7.51. The molecule has 3 nitrogen and oxygen atoms in total. The molecule has 2 rings (SSSR count). The van der Waals surface area contributed by atoms with Gasteiger partial charge in [-0.2, -0.15) is 0 Å². The van der Waals surface area contributed by atoms with Crippen molar-refractivity contribution in [1.82, 2.24) is 4.90 Å². The molecule has 2 aromatic rings. The number of carbonyl (C=O) groups is 1. The van der Waals surface area contributed by atoms with Crippen LogP contribution in [-0.2, 0) is 4.79 Å². The Hall–Kier alpha value is -1.65. The van der Waals surface area contributed by atoms with Gasteiger partial charge in [0.1, 0.15) is 6.04 Å². The highest BCUT2D eigenvalue weighted by molar-refractivity contribution is 7.10. The molecule has 1 heterocycles. The van der Waals surface area contributed by atoms with Gasteiger partial charge in [-0.1, -0.05) is 35.9 Å². The van der Waals surface area contributed by atoms with Crippen LogP contribution in [0.3, 0.4) is 0 Å². The first kappa shape index (κ1) is 14.8.